The smallest absolute Gasteiger partial charge is 0.125 e. The molecule has 2 aromatic rings. The van der Waals surface area contributed by atoms with Crippen molar-refractivity contribution in [3.63, 3.8) is 0 Å². The van der Waals surface area contributed by atoms with Crippen LogP contribution in [0.5, 0.6) is 0 Å². The van der Waals surface area contributed by atoms with Crippen LogP contribution in [0.2, 0.25) is 10.0 Å². The van der Waals surface area contributed by atoms with Crippen LogP contribution >= 0.6 is 23.2 Å². The van der Waals surface area contributed by atoms with E-state index < -0.39 is 0 Å². The summed E-state index contributed by atoms with van der Waals surface area (Å²) >= 11 is 12.0. The van der Waals surface area contributed by atoms with Gasteiger partial charge in [-0.2, -0.15) is 0 Å². The Balaban J connectivity index is 2.42. The maximum absolute atomic E-state index is 13.3. The summed E-state index contributed by atoms with van der Waals surface area (Å²) in [5, 5.41) is 4.07. The fourth-order valence-electron chi connectivity index (χ4n) is 1.78. The van der Waals surface area contributed by atoms with Gasteiger partial charge in [0.1, 0.15) is 5.82 Å². The first kappa shape index (κ1) is 13.3. The van der Waals surface area contributed by atoms with E-state index in [9.17, 15) is 4.39 Å². The fraction of sp³-hybridized carbons (Fsp3) is 0.143. The van der Waals surface area contributed by atoms with Crippen LogP contribution in [0.15, 0.2) is 36.4 Å². The molecule has 94 valence electrons. The molecule has 0 heterocycles. The van der Waals surface area contributed by atoms with Crippen molar-refractivity contribution in [2.45, 2.75) is 6.54 Å². The third kappa shape index (κ3) is 3.02. The molecule has 0 aromatic heterocycles. The molecule has 0 aliphatic rings. The van der Waals surface area contributed by atoms with E-state index in [1.807, 2.05) is 25.2 Å². The van der Waals surface area contributed by atoms with Crippen LogP contribution in [0.4, 0.5) is 4.39 Å². The first-order chi connectivity index (χ1) is 8.60. The monoisotopic (exact) mass is 283 g/mol. The van der Waals surface area contributed by atoms with Gasteiger partial charge >= 0.3 is 0 Å². The molecule has 0 radical (unpaired) electrons. The van der Waals surface area contributed by atoms with Gasteiger partial charge in [0.15, 0.2) is 0 Å². The second-order valence-electron chi connectivity index (χ2n) is 3.99. The fourth-order valence-corrected chi connectivity index (χ4v) is 2.25. The van der Waals surface area contributed by atoms with E-state index in [0.29, 0.717) is 16.6 Å². The molecule has 0 saturated heterocycles. The highest BCUT2D eigenvalue weighted by Crippen LogP contribution is 2.28. The van der Waals surface area contributed by atoms with Crippen LogP contribution in [-0.4, -0.2) is 7.05 Å². The zero-order valence-corrected chi connectivity index (χ0v) is 11.3. The Morgan fingerprint density at radius 1 is 1.06 bits per heavy atom. The lowest BCUT2D eigenvalue weighted by atomic mass is 10.0. The molecule has 0 atom stereocenters. The van der Waals surface area contributed by atoms with E-state index in [4.69, 9.17) is 23.2 Å². The first-order valence-corrected chi connectivity index (χ1v) is 6.25. The molecule has 2 aromatic carbocycles. The Labute approximate surface area is 116 Å². The normalized spacial score (nSPS) is 10.7. The van der Waals surface area contributed by atoms with Crippen molar-refractivity contribution in [3.8, 4) is 11.1 Å². The zero-order valence-electron chi connectivity index (χ0n) is 9.81. The summed E-state index contributed by atoms with van der Waals surface area (Å²) in [6.45, 7) is 0.697. The number of rotatable bonds is 3. The molecule has 0 unspecified atom stereocenters. The third-order valence-corrected chi connectivity index (χ3v) is 3.19. The highest BCUT2D eigenvalue weighted by Gasteiger charge is 2.05. The van der Waals surface area contributed by atoms with Crippen LogP contribution < -0.4 is 5.32 Å². The summed E-state index contributed by atoms with van der Waals surface area (Å²) < 4.78 is 13.3. The second kappa shape index (κ2) is 5.70. The highest BCUT2D eigenvalue weighted by molar-refractivity contribution is 6.32. The van der Waals surface area contributed by atoms with Crippen molar-refractivity contribution in [1.29, 1.82) is 0 Å². The quantitative estimate of drug-likeness (QED) is 0.873. The highest BCUT2D eigenvalue weighted by atomic mass is 35.5. The van der Waals surface area contributed by atoms with Gasteiger partial charge in [-0.25, -0.2) is 4.39 Å². The second-order valence-corrected chi connectivity index (χ2v) is 4.84. The predicted molar refractivity (Wildman–Crippen MR) is 74.6 cm³/mol. The molecule has 0 aliphatic heterocycles. The minimum absolute atomic E-state index is 0.354. The van der Waals surface area contributed by atoms with Gasteiger partial charge in [-0.15, -0.1) is 0 Å². The van der Waals surface area contributed by atoms with Gasteiger partial charge in [0.2, 0.25) is 0 Å². The Hall–Kier alpha value is -1.09. The summed E-state index contributed by atoms with van der Waals surface area (Å²) in [5.74, 6) is -0.354. The van der Waals surface area contributed by atoms with Gasteiger partial charge in [0, 0.05) is 16.6 Å². The van der Waals surface area contributed by atoms with E-state index in [-0.39, 0.29) is 5.82 Å². The van der Waals surface area contributed by atoms with Crippen molar-refractivity contribution in [3.05, 3.63) is 57.8 Å². The van der Waals surface area contributed by atoms with Crippen LogP contribution in [0.3, 0.4) is 0 Å². The van der Waals surface area contributed by atoms with E-state index in [1.165, 1.54) is 12.1 Å². The average molecular weight is 284 g/mol. The van der Waals surface area contributed by atoms with Crippen molar-refractivity contribution < 1.29 is 4.39 Å². The van der Waals surface area contributed by atoms with Crippen molar-refractivity contribution in [2.24, 2.45) is 0 Å². The van der Waals surface area contributed by atoms with Crippen LogP contribution in [0.25, 0.3) is 11.1 Å². The van der Waals surface area contributed by atoms with Gasteiger partial charge in [0.25, 0.3) is 0 Å². The topological polar surface area (TPSA) is 12.0 Å². The molecule has 0 amide bonds. The van der Waals surface area contributed by atoms with Gasteiger partial charge in [0.05, 0.1) is 0 Å². The lowest BCUT2D eigenvalue weighted by molar-refractivity contribution is 0.628. The summed E-state index contributed by atoms with van der Waals surface area (Å²) in [6.07, 6.45) is 0. The van der Waals surface area contributed by atoms with E-state index in [0.717, 1.165) is 16.7 Å². The van der Waals surface area contributed by atoms with Crippen LogP contribution in [0, 0.1) is 5.82 Å². The number of halogens is 3. The van der Waals surface area contributed by atoms with E-state index in [1.54, 1.807) is 6.07 Å². The third-order valence-electron chi connectivity index (χ3n) is 2.62. The molecule has 0 saturated carbocycles. The molecule has 0 bridgehead atoms. The van der Waals surface area contributed by atoms with Gasteiger partial charge in [-0.05, 0) is 48.0 Å². The standard InChI is InChI=1S/C14H12Cl2FN/c1-18-8-10-3-2-9(6-14(10)16)11-4-12(15)7-13(17)5-11/h2-7,18H,8H2,1H3. The molecule has 1 N–H and O–H groups in total. The Morgan fingerprint density at radius 2 is 1.83 bits per heavy atom. The van der Waals surface area contributed by atoms with Crippen LogP contribution in [0.1, 0.15) is 5.56 Å². The number of nitrogens with one attached hydrogen (secondary N) is 1. The molecular formula is C14H12Cl2FN. The first-order valence-electron chi connectivity index (χ1n) is 5.49. The van der Waals surface area contributed by atoms with Gasteiger partial charge in [-0.3, -0.25) is 0 Å². The van der Waals surface area contributed by atoms with E-state index >= 15 is 0 Å². The molecule has 4 heteroatoms. The SMILES string of the molecule is CNCc1ccc(-c2cc(F)cc(Cl)c2)cc1Cl. The molecular weight excluding hydrogens is 272 g/mol. The lowest BCUT2D eigenvalue weighted by Gasteiger charge is -2.07. The summed E-state index contributed by atoms with van der Waals surface area (Å²) in [6, 6.07) is 10.1. The van der Waals surface area contributed by atoms with E-state index in [2.05, 4.69) is 5.32 Å². The maximum Gasteiger partial charge on any atom is 0.125 e. The molecule has 18 heavy (non-hydrogen) atoms. The summed E-state index contributed by atoms with van der Waals surface area (Å²) in [5.41, 5.74) is 2.57. The molecule has 0 aliphatic carbocycles. The van der Waals surface area contributed by atoms with Crippen LogP contribution in [-0.2, 0) is 6.54 Å². The minimum atomic E-state index is -0.354. The summed E-state index contributed by atoms with van der Waals surface area (Å²) in [7, 11) is 1.86. The van der Waals surface area contributed by atoms with Crippen molar-refractivity contribution in [2.75, 3.05) is 7.05 Å². The average Bonchev–Trinajstić information content (AvgIpc) is 2.30. The van der Waals surface area contributed by atoms with Crippen molar-refractivity contribution in [1.82, 2.24) is 5.32 Å². The molecule has 0 spiro atoms. The number of hydrogen-bond donors (Lipinski definition) is 1. The minimum Gasteiger partial charge on any atom is -0.316 e. The molecule has 2 rings (SSSR count). The largest absolute Gasteiger partial charge is 0.316 e. The lowest BCUT2D eigenvalue weighted by Crippen LogP contribution is -2.05. The molecule has 1 nitrogen and oxygen atoms in total. The maximum atomic E-state index is 13.3. The van der Waals surface area contributed by atoms with Crippen molar-refractivity contribution >= 4 is 23.2 Å². The summed E-state index contributed by atoms with van der Waals surface area (Å²) in [4.78, 5) is 0. The Kier molecular flexibility index (Phi) is 4.23. The van der Waals surface area contributed by atoms with Gasteiger partial charge < -0.3 is 5.32 Å². The number of benzene rings is 2. The Bertz CT molecular complexity index is 549. The number of hydrogen-bond acceptors (Lipinski definition) is 1. The van der Waals surface area contributed by atoms with Gasteiger partial charge in [-0.1, -0.05) is 35.3 Å². The predicted octanol–water partition coefficient (Wildman–Crippen LogP) is 4.52. The molecule has 0 fully saturated rings. The Morgan fingerprint density at radius 3 is 2.44 bits per heavy atom. The zero-order chi connectivity index (χ0) is 13.1.